The minimum atomic E-state index is -3.98. The Morgan fingerprint density at radius 2 is 1.49 bits per heavy atom. The fourth-order valence-corrected chi connectivity index (χ4v) is 6.20. The molecule has 3 aromatic carbocycles. The van der Waals surface area contributed by atoms with Gasteiger partial charge in [0.05, 0.1) is 27.2 Å². The standard InChI is InChI=1S/C29H30Cl2N4O5S/c30-24-12-9-22(19-25(24)31)40-27-6-2-1-5-26(27)32-41(38,39)23-10-7-21(8-11-23)29(37)35-17-15-33(16-18-35)20-28(36)34-13-3-4-14-34/h1-2,5-12,19,32H,3-4,13-18,20H2. The topological polar surface area (TPSA) is 99.3 Å². The first kappa shape index (κ1) is 29.2. The summed E-state index contributed by atoms with van der Waals surface area (Å²) in [7, 11) is -3.98. The third-order valence-electron chi connectivity index (χ3n) is 7.14. The molecule has 0 atom stereocenters. The number of carbonyl (C=O) groups is 2. The molecule has 2 saturated heterocycles. The number of likely N-dealkylation sites (tertiary alicyclic amines) is 1. The lowest BCUT2D eigenvalue weighted by atomic mass is 10.2. The van der Waals surface area contributed by atoms with E-state index in [-0.39, 0.29) is 28.1 Å². The number of sulfonamides is 1. The highest BCUT2D eigenvalue weighted by Gasteiger charge is 2.26. The lowest BCUT2D eigenvalue weighted by Gasteiger charge is -2.35. The second-order valence-electron chi connectivity index (χ2n) is 9.96. The molecular weight excluding hydrogens is 587 g/mol. The first-order valence-electron chi connectivity index (χ1n) is 13.3. The van der Waals surface area contributed by atoms with Crippen molar-refractivity contribution in [3.63, 3.8) is 0 Å². The number of nitrogens with one attached hydrogen (secondary N) is 1. The van der Waals surface area contributed by atoms with Crippen LogP contribution in [0.25, 0.3) is 0 Å². The second kappa shape index (κ2) is 12.7. The summed E-state index contributed by atoms with van der Waals surface area (Å²) >= 11 is 12.0. The molecule has 0 aliphatic carbocycles. The van der Waals surface area contributed by atoms with Crippen LogP contribution in [0, 0.1) is 0 Å². The van der Waals surface area contributed by atoms with E-state index < -0.39 is 10.0 Å². The fraction of sp³-hybridized carbons (Fsp3) is 0.310. The summed E-state index contributed by atoms with van der Waals surface area (Å²) in [5, 5.41) is 0.688. The maximum atomic E-state index is 13.2. The zero-order valence-corrected chi connectivity index (χ0v) is 24.6. The van der Waals surface area contributed by atoms with Crippen molar-refractivity contribution in [2.24, 2.45) is 0 Å². The normalized spacial score (nSPS) is 16.0. The number of hydrogen-bond donors (Lipinski definition) is 1. The number of nitrogens with zero attached hydrogens (tertiary/aromatic N) is 3. The number of carbonyl (C=O) groups excluding carboxylic acids is 2. The molecule has 2 amide bonds. The molecule has 2 aliphatic heterocycles. The van der Waals surface area contributed by atoms with Crippen LogP contribution in [0.4, 0.5) is 5.69 Å². The van der Waals surface area contributed by atoms with E-state index in [0.717, 1.165) is 25.9 Å². The van der Waals surface area contributed by atoms with Crippen LogP contribution in [-0.4, -0.2) is 80.7 Å². The van der Waals surface area contributed by atoms with Crippen LogP contribution >= 0.6 is 23.2 Å². The molecule has 0 unspecified atom stereocenters. The van der Waals surface area contributed by atoms with Crippen molar-refractivity contribution in [1.29, 1.82) is 0 Å². The first-order valence-corrected chi connectivity index (χ1v) is 15.6. The minimum Gasteiger partial charge on any atom is -0.455 e. The van der Waals surface area contributed by atoms with E-state index in [4.69, 9.17) is 27.9 Å². The van der Waals surface area contributed by atoms with Crippen molar-refractivity contribution < 1.29 is 22.7 Å². The summed E-state index contributed by atoms with van der Waals surface area (Å²) in [6, 6.07) is 17.2. The fourth-order valence-electron chi connectivity index (χ4n) is 4.84. The summed E-state index contributed by atoms with van der Waals surface area (Å²) in [6.07, 6.45) is 2.12. The molecule has 9 nitrogen and oxygen atoms in total. The molecule has 5 rings (SSSR count). The lowest BCUT2D eigenvalue weighted by molar-refractivity contribution is -0.131. The molecule has 2 heterocycles. The molecule has 41 heavy (non-hydrogen) atoms. The number of amides is 2. The maximum Gasteiger partial charge on any atom is 0.262 e. The van der Waals surface area contributed by atoms with Crippen LogP contribution < -0.4 is 9.46 Å². The Balaban J connectivity index is 1.19. The average molecular weight is 618 g/mol. The van der Waals surface area contributed by atoms with Crippen LogP contribution in [0.2, 0.25) is 10.0 Å². The van der Waals surface area contributed by atoms with Gasteiger partial charge in [-0.15, -0.1) is 0 Å². The summed E-state index contributed by atoms with van der Waals surface area (Å²) < 4.78 is 34.8. The van der Waals surface area contributed by atoms with E-state index in [9.17, 15) is 18.0 Å². The van der Waals surface area contributed by atoms with Gasteiger partial charge in [-0.25, -0.2) is 8.42 Å². The summed E-state index contributed by atoms with van der Waals surface area (Å²) in [4.78, 5) is 31.2. The van der Waals surface area contributed by atoms with E-state index >= 15 is 0 Å². The number of ether oxygens (including phenoxy) is 1. The Bertz CT molecular complexity index is 1520. The van der Waals surface area contributed by atoms with Gasteiger partial charge in [-0.05, 0) is 61.4 Å². The van der Waals surface area contributed by atoms with Crippen molar-refractivity contribution in [2.75, 3.05) is 50.5 Å². The summed E-state index contributed by atoms with van der Waals surface area (Å²) in [5.74, 6) is 0.652. The van der Waals surface area contributed by atoms with Gasteiger partial charge in [0.25, 0.3) is 15.9 Å². The lowest BCUT2D eigenvalue weighted by Crippen LogP contribution is -2.51. The Morgan fingerprint density at radius 1 is 0.805 bits per heavy atom. The first-order chi connectivity index (χ1) is 19.7. The van der Waals surface area contributed by atoms with Crippen molar-refractivity contribution in [1.82, 2.24) is 14.7 Å². The smallest absolute Gasteiger partial charge is 0.262 e. The highest BCUT2D eigenvalue weighted by Crippen LogP contribution is 2.34. The highest BCUT2D eigenvalue weighted by atomic mass is 35.5. The van der Waals surface area contributed by atoms with Gasteiger partial charge in [-0.2, -0.15) is 0 Å². The SMILES string of the molecule is O=C(CN1CCN(C(=O)c2ccc(S(=O)(=O)Nc3ccccc3Oc3ccc(Cl)c(Cl)c3)cc2)CC1)N1CCCC1. The molecule has 2 aliphatic rings. The molecule has 2 fully saturated rings. The van der Waals surface area contributed by atoms with Crippen LogP contribution in [-0.2, 0) is 14.8 Å². The van der Waals surface area contributed by atoms with Crippen LogP contribution in [0.15, 0.2) is 71.6 Å². The number of rotatable bonds is 8. The van der Waals surface area contributed by atoms with Gasteiger partial charge in [-0.1, -0.05) is 35.3 Å². The van der Waals surface area contributed by atoms with Gasteiger partial charge >= 0.3 is 0 Å². The van der Waals surface area contributed by atoms with Gasteiger partial charge in [0.2, 0.25) is 5.91 Å². The van der Waals surface area contributed by atoms with Crippen molar-refractivity contribution in [3.8, 4) is 11.5 Å². The minimum absolute atomic E-state index is 0.00337. The van der Waals surface area contributed by atoms with E-state index in [0.29, 0.717) is 54.1 Å². The number of halogens is 2. The summed E-state index contributed by atoms with van der Waals surface area (Å²) in [5.41, 5.74) is 0.633. The predicted octanol–water partition coefficient (Wildman–Crippen LogP) is 4.97. The van der Waals surface area contributed by atoms with Gasteiger partial charge in [0.1, 0.15) is 5.75 Å². The van der Waals surface area contributed by atoms with Crippen LogP contribution in [0.1, 0.15) is 23.2 Å². The third kappa shape index (κ3) is 7.13. The average Bonchev–Trinajstić information content (AvgIpc) is 3.52. The zero-order chi connectivity index (χ0) is 29.0. The molecule has 0 radical (unpaired) electrons. The molecule has 0 bridgehead atoms. The molecule has 12 heteroatoms. The monoisotopic (exact) mass is 616 g/mol. The second-order valence-corrected chi connectivity index (χ2v) is 12.5. The van der Waals surface area contributed by atoms with Crippen molar-refractivity contribution >= 4 is 50.7 Å². The maximum absolute atomic E-state index is 13.2. The number of para-hydroxylation sites is 2. The van der Waals surface area contributed by atoms with E-state index in [1.54, 1.807) is 47.4 Å². The van der Waals surface area contributed by atoms with Crippen LogP contribution in [0.5, 0.6) is 11.5 Å². The Kier molecular flexibility index (Phi) is 9.03. The number of piperazine rings is 1. The Hall–Kier alpha value is -3.31. The molecule has 3 aromatic rings. The molecule has 0 saturated carbocycles. The van der Waals surface area contributed by atoms with Crippen molar-refractivity contribution in [3.05, 3.63) is 82.3 Å². The van der Waals surface area contributed by atoms with Gasteiger partial charge < -0.3 is 14.5 Å². The molecule has 0 spiro atoms. The highest BCUT2D eigenvalue weighted by molar-refractivity contribution is 7.92. The quantitative estimate of drug-likeness (QED) is 0.384. The Labute approximate surface area is 249 Å². The molecule has 216 valence electrons. The van der Waals surface area contributed by atoms with Crippen LogP contribution in [0.3, 0.4) is 0 Å². The third-order valence-corrected chi connectivity index (χ3v) is 9.26. The van der Waals surface area contributed by atoms with E-state index in [1.165, 1.54) is 24.3 Å². The van der Waals surface area contributed by atoms with Gasteiger partial charge in [0.15, 0.2) is 5.75 Å². The largest absolute Gasteiger partial charge is 0.455 e. The molecular formula is C29H30Cl2N4O5S. The number of hydrogen-bond acceptors (Lipinski definition) is 6. The Morgan fingerprint density at radius 3 is 2.17 bits per heavy atom. The van der Waals surface area contributed by atoms with E-state index in [1.807, 2.05) is 4.90 Å². The van der Waals surface area contributed by atoms with Crippen molar-refractivity contribution in [2.45, 2.75) is 17.7 Å². The number of anilines is 1. The number of benzene rings is 3. The zero-order valence-electron chi connectivity index (χ0n) is 22.3. The molecule has 0 aromatic heterocycles. The predicted molar refractivity (Wildman–Crippen MR) is 158 cm³/mol. The van der Waals surface area contributed by atoms with Gasteiger partial charge in [-0.3, -0.25) is 19.2 Å². The van der Waals surface area contributed by atoms with E-state index in [2.05, 4.69) is 9.62 Å². The summed E-state index contributed by atoms with van der Waals surface area (Å²) in [6.45, 7) is 4.28. The van der Waals surface area contributed by atoms with Gasteiger partial charge in [0, 0.05) is 50.9 Å². The molecule has 1 N–H and O–H groups in total.